The summed E-state index contributed by atoms with van der Waals surface area (Å²) in [5, 5.41) is 7.47. The van der Waals surface area contributed by atoms with Gasteiger partial charge in [-0.05, 0) is 63.4 Å². The van der Waals surface area contributed by atoms with Crippen LogP contribution in [-0.4, -0.2) is 46.9 Å². The number of aromatic nitrogens is 1. The van der Waals surface area contributed by atoms with Gasteiger partial charge in [0, 0.05) is 54.4 Å². The van der Waals surface area contributed by atoms with E-state index in [9.17, 15) is 9.59 Å². The van der Waals surface area contributed by atoms with E-state index in [-0.39, 0.29) is 35.2 Å². The molecule has 1 aromatic carbocycles. The van der Waals surface area contributed by atoms with Crippen molar-refractivity contribution in [2.75, 3.05) is 19.6 Å². The Bertz CT molecular complexity index is 990. The first-order valence-corrected chi connectivity index (χ1v) is 13.0. The summed E-state index contributed by atoms with van der Waals surface area (Å²) in [5.74, 6) is -0.133. The minimum Gasteiger partial charge on any atom is -0.356 e. The molecule has 0 radical (unpaired) electrons. The summed E-state index contributed by atoms with van der Waals surface area (Å²) < 4.78 is 0. The van der Waals surface area contributed by atoms with Crippen LogP contribution >= 0.6 is 23.2 Å². The number of halogens is 2. The molecule has 2 aromatic rings. The number of likely N-dealkylation sites (tertiary alicyclic amines) is 1. The Morgan fingerprint density at radius 3 is 2.37 bits per heavy atom. The number of amides is 2. The van der Waals surface area contributed by atoms with E-state index in [4.69, 9.17) is 23.2 Å². The summed E-state index contributed by atoms with van der Waals surface area (Å²) in [5.41, 5.74) is 1.86. The summed E-state index contributed by atoms with van der Waals surface area (Å²) in [6.45, 7) is 10.3. The van der Waals surface area contributed by atoms with Crippen molar-refractivity contribution >= 4 is 35.0 Å². The maximum absolute atomic E-state index is 13.3. The minimum absolute atomic E-state index is 0.000481. The normalized spacial score (nSPS) is 19.4. The molecular weight excluding hydrogens is 483 g/mol. The van der Waals surface area contributed by atoms with Gasteiger partial charge in [-0.3, -0.25) is 19.5 Å². The van der Waals surface area contributed by atoms with Crippen LogP contribution in [0, 0.1) is 5.92 Å². The van der Waals surface area contributed by atoms with E-state index >= 15 is 0 Å². The molecule has 6 nitrogen and oxygen atoms in total. The average molecular weight is 520 g/mol. The van der Waals surface area contributed by atoms with Crippen LogP contribution in [0.3, 0.4) is 0 Å². The quantitative estimate of drug-likeness (QED) is 0.437. The Morgan fingerprint density at radius 2 is 1.77 bits per heavy atom. The van der Waals surface area contributed by atoms with E-state index in [0.717, 1.165) is 24.2 Å². The maximum atomic E-state index is 13.3. The van der Waals surface area contributed by atoms with Gasteiger partial charge in [0.1, 0.15) is 0 Å². The lowest BCUT2D eigenvalue weighted by Gasteiger charge is -2.31. The molecule has 2 amide bonds. The smallest absolute Gasteiger partial charge is 0.225 e. The number of carbonyl (C=O) groups is 2. The molecule has 2 heterocycles. The zero-order chi connectivity index (χ0) is 25.6. The monoisotopic (exact) mass is 518 g/mol. The maximum Gasteiger partial charge on any atom is 0.225 e. The topological polar surface area (TPSA) is 74.3 Å². The van der Waals surface area contributed by atoms with E-state index < -0.39 is 0 Å². The molecule has 0 spiro atoms. The molecular formula is C27H36Cl2N4O2. The summed E-state index contributed by atoms with van der Waals surface area (Å²) in [7, 11) is 0. The third-order valence-electron chi connectivity index (χ3n) is 6.63. The third kappa shape index (κ3) is 7.66. The molecule has 0 saturated carbocycles. The van der Waals surface area contributed by atoms with Crippen LogP contribution in [0.2, 0.25) is 10.0 Å². The predicted molar refractivity (Wildman–Crippen MR) is 142 cm³/mol. The molecule has 0 bridgehead atoms. The number of hydrogen-bond acceptors (Lipinski definition) is 4. The number of hydrogen-bond donors (Lipinski definition) is 2. The first-order valence-electron chi connectivity index (χ1n) is 12.3. The number of nitrogens with zero attached hydrogens (tertiary/aromatic N) is 2. The van der Waals surface area contributed by atoms with Crippen LogP contribution in [0.1, 0.15) is 70.2 Å². The molecule has 1 aromatic heterocycles. The molecule has 8 heteroatoms. The van der Waals surface area contributed by atoms with E-state index in [2.05, 4.69) is 41.3 Å². The lowest BCUT2D eigenvalue weighted by Crippen LogP contribution is -2.41. The lowest BCUT2D eigenvalue weighted by atomic mass is 9.91. The fourth-order valence-corrected chi connectivity index (χ4v) is 4.72. The van der Waals surface area contributed by atoms with Gasteiger partial charge < -0.3 is 10.6 Å². The van der Waals surface area contributed by atoms with E-state index in [1.165, 1.54) is 0 Å². The number of pyridine rings is 1. The molecule has 2 N–H and O–H groups in total. The summed E-state index contributed by atoms with van der Waals surface area (Å²) >= 11 is 12.1. The second-order valence-corrected chi connectivity index (χ2v) is 11.0. The fraction of sp³-hybridized carbons (Fsp3) is 0.519. The van der Waals surface area contributed by atoms with Crippen LogP contribution < -0.4 is 10.6 Å². The van der Waals surface area contributed by atoms with Crippen molar-refractivity contribution in [3.05, 3.63) is 63.9 Å². The fourth-order valence-electron chi connectivity index (χ4n) is 4.49. The van der Waals surface area contributed by atoms with Crippen LogP contribution in [0.15, 0.2) is 42.6 Å². The molecule has 1 saturated heterocycles. The first kappa shape index (κ1) is 27.4. The molecule has 1 aliphatic rings. The Balaban J connectivity index is 1.62. The largest absolute Gasteiger partial charge is 0.356 e. The van der Waals surface area contributed by atoms with Gasteiger partial charge in [0.2, 0.25) is 11.8 Å². The Kier molecular flexibility index (Phi) is 9.56. The van der Waals surface area contributed by atoms with Gasteiger partial charge in [-0.1, -0.05) is 42.3 Å². The van der Waals surface area contributed by atoms with Gasteiger partial charge in [-0.15, -0.1) is 0 Å². The average Bonchev–Trinajstić information content (AvgIpc) is 3.28. The van der Waals surface area contributed by atoms with Crippen LogP contribution in [-0.2, 0) is 9.59 Å². The van der Waals surface area contributed by atoms with Gasteiger partial charge in [-0.2, -0.15) is 0 Å². The van der Waals surface area contributed by atoms with E-state index in [1.807, 2.05) is 43.3 Å². The number of carbonyl (C=O) groups excluding carboxylic acids is 2. The third-order valence-corrected chi connectivity index (χ3v) is 7.11. The van der Waals surface area contributed by atoms with Crippen LogP contribution in [0.4, 0.5) is 0 Å². The van der Waals surface area contributed by atoms with Crippen LogP contribution in [0.5, 0.6) is 0 Å². The van der Waals surface area contributed by atoms with E-state index in [0.29, 0.717) is 36.0 Å². The second-order valence-electron chi connectivity index (χ2n) is 10.1. The van der Waals surface area contributed by atoms with Crippen molar-refractivity contribution in [3.8, 4) is 0 Å². The predicted octanol–water partition coefficient (Wildman–Crippen LogP) is 5.37. The van der Waals surface area contributed by atoms with Crippen molar-refractivity contribution in [2.45, 2.75) is 64.5 Å². The van der Waals surface area contributed by atoms with Crippen molar-refractivity contribution in [1.82, 2.24) is 20.5 Å². The molecule has 0 aliphatic carbocycles. The zero-order valence-electron chi connectivity index (χ0n) is 21.0. The summed E-state index contributed by atoms with van der Waals surface area (Å²) in [4.78, 5) is 32.2. The zero-order valence-corrected chi connectivity index (χ0v) is 22.5. The van der Waals surface area contributed by atoms with Gasteiger partial charge in [0.25, 0.3) is 0 Å². The summed E-state index contributed by atoms with van der Waals surface area (Å²) in [6, 6.07) is 11.2. The highest BCUT2D eigenvalue weighted by Crippen LogP contribution is 2.36. The molecule has 35 heavy (non-hydrogen) atoms. The SMILES string of the molecule is CCC(=O)N[C@@H](CCCNC(=O)[C@@H]1CN(C(C)(C)C)C[C@H]1c1ccc(Cl)cn1)c1ccc(Cl)cc1. The highest BCUT2D eigenvalue weighted by Gasteiger charge is 2.42. The summed E-state index contributed by atoms with van der Waals surface area (Å²) in [6.07, 6.45) is 3.53. The van der Waals surface area contributed by atoms with Gasteiger partial charge in [-0.25, -0.2) is 0 Å². The number of benzene rings is 1. The van der Waals surface area contributed by atoms with Gasteiger partial charge >= 0.3 is 0 Å². The minimum atomic E-state index is -0.185. The Hall–Kier alpha value is -2.15. The molecule has 3 atom stereocenters. The Morgan fingerprint density at radius 1 is 1.09 bits per heavy atom. The first-order chi connectivity index (χ1) is 16.6. The van der Waals surface area contributed by atoms with Gasteiger partial charge in [0.05, 0.1) is 17.0 Å². The van der Waals surface area contributed by atoms with Crippen molar-refractivity contribution < 1.29 is 9.59 Å². The molecule has 3 rings (SSSR count). The molecule has 1 fully saturated rings. The van der Waals surface area contributed by atoms with Crippen molar-refractivity contribution in [3.63, 3.8) is 0 Å². The van der Waals surface area contributed by atoms with E-state index in [1.54, 1.807) is 6.20 Å². The molecule has 1 aliphatic heterocycles. The molecule has 0 unspecified atom stereocenters. The highest BCUT2D eigenvalue weighted by molar-refractivity contribution is 6.30. The number of nitrogens with one attached hydrogen (secondary N) is 2. The highest BCUT2D eigenvalue weighted by atomic mass is 35.5. The van der Waals surface area contributed by atoms with Gasteiger partial charge in [0.15, 0.2) is 0 Å². The van der Waals surface area contributed by atoms with Crippen molar-refractivity contribution in [2.24, 2.45) is 5.92 Å². The van der Waals surface area contributed by atoms with Crippen molar-refractivity contribution in [1.29, 1.82) is 0 Å². The second kappa shape index (κ2) is 12.2. The standard InChI is InChI=1S/C27H36Cl2N4O2/c1-5-25(34)32-23(18-8-10-19(28)11-9-18)7-6-14-30-26(35)22-17-33(27(2,3)4)16-21(22)24-13-12-20(29)15-31-24/h8-13,15,21-23H,5-7,14,16-17H2,1-4H3,(H,30,35)(H,32,34)/t21-,22-,23+/m1/s1. The Labute approximate surface area is 218 Å². The van der Waals surface area contributed by atoms with Crippen LogP contribution in [0.25, 0.3) is 0 Å². The lowest BCUT2D eigenvalue weighted by molar-refractivity contribution is -0.125. The molecule has 190 valence electrons. The number of rotatable bonds is 9.